The Labute approximate surface area is 221 Å². The second-order valence-electron chi connectivity index (χ2n) is 11.3. The lowest BCUT2D eigenvalue weighted by molar-refractivity contribution is -0.108. The number of pyridine rings is 1. The number of imidazole rings is 1. The maximum atomic E-state index is 13.5. The van der Waals surface area contributed by atoms with Crippen molar-refractivity contribution >= 4 is 28.0 Å². The molecule has 3 aromatic heterocycles. The van der Waals surface area contributed by atoms with Crippen LogP contribution in [0.2, 0.25) is 0 Å². The third kappa shape index (κ3) is 3.79. The summed E-state index contributed by atoms with van der Waals surface area (Å²) in [6.45, 7) is 2.53. The zero-order chi connectivity index (χ0) is 26.0. The number of hydrogen-bond acceptors (Lipinski definition) is 6. The summed E-state index contributed by atoms with van der Waals surface area (Å²) < 4.78 is 10.1. The molecule has 198 valence electrons. The number of methoxy groups -OCH3 is 1. The van der Waals surface area contributed by atoms with Crippen LogP contribution in [0.1, 0.15) is 42.5 Å². The molecule has 5 heterocycles. The first-order chi connectivity index (χ1) is 18.4. The number of carbonyl (C=O) groups excluding carboxylic acids is 1. The van der Waals surface area contributed by atoms with E-state index in [4.69, 9.17) is 9.72 Å². The van der Waals surface area contributed by atoms with E-state index in [-0.39, 0.29) is 11.9 Å². The molecule has 2 N–H and O–H groups in total. The van der Waals surface area contributed by atoms with E-state index in [1.165, 1.54) is 12.8 Å². The lowest BCUT2D eigenvalue weighted by Crippen LogP contribution is -2.72. The molecule has 1 aliphatic carbocycles. The highest BCUT2D eigenvalue weighted by Crippen LogP contribution is 2.38. The van der Waals surface area contributed by atoms with Crippen molar-refractivity contribution in [3.8, 4) is 17.3 Å². The molecule has 0 spiro atoms. The molecule has 1 atom stereocenters. The van der Waals surface area contributed by atoms with Gasteiger partial charge in [-0.25, -0.2) is 9.97 Å². The number of piperidine rings is 1. The zero-order valence-corrected chi connectivity index (χ0v) is 22.0. The van der Waals surface area contributed by atoms with Gasteiger partial charge in [-0.3, -0.25) is 4.79 Å². The molecule has 38 heavy (non-hydrogen) atoms. The van der Waals surface area contributed by atoms with Gasteiger partial charge in [0.25, 0.3) is 5.91 Å². The standard InChI is InChI=1S/C29H34N6O3/c1-33-25-21(32-27(33)22-13-19-6-5-11-31-26(19)35(22)15-18-8-9-18)12-20(14-23(25)38-2)28(36)34-16-29(37,17-34)24-7-3-4-10-30-24/h5-6,11-14,18,24,30,37H,3-4,7-10,15-17H2,1-2H3/t24-/m0/s1. The van der Waals surface area contributed by atoms with Gasteiger partial charge in [-0.15, -0.1) is 0 Å². The van der Waals surface area contributed by atoms with E-state index in [9.17, 15) is 9.90 Å². The van der Waals surface area contributed by atoms with Crippen molar-refractivity contribution in [3.05, 3.63) is 42.1 Å². The van der Waals surface area contributed by atoms with Crippen LogP contribution in [0.4, 0.5) is 0 Å². The number of likely N-dealkylation sites (tertiary alicyclic amines) is 1. The molecule has 0 bridgehead atoms. The van der Waals surface area contributed by atoms with Gasteiger partial charge in [0.2, 0.25) is 0 Å². The van der Waals surface area contributed by atoms with Gasteiger partial charge in [0.1, 0.15) is 22.5 Å². The predicted molar refractivity (Wildman–Crippen MR) is 145 cm³/mol. The summed E-state index contributed by atoms with van der Waals surface area (Å²) in [5.41, 5.74) is 3.23. The molecule has 0 radical (unpaired) electrons. The van der Waals surface area contributed by atoms with E-state index < -0.39 is 5.60 Å². The van der Waals surface area contributed by atoms with E-state index in [1.807, 2.05) is 25.4 Å². The summed E-state index contributed by atoms with van der Waals surface area (Å²) in [5.74, 6) is 2.01. The number of benzene rings is 1. The minimum atomic E-state index is -0.856. The van der Waals surface area contributed by atoms with Gasteiger partial charge in [0.05, 0.1) is 31.4 Å². The summed E-state index contributed by atoms with van der Waals surface area (Å²) in [7, 11) is 3.62. The van der Waals surface area contributed by atoms with E-state index >= 15 is 0 Å². The Bertz CT molecular complexity index is 1540. The number of β-amino-alcohol motifs (C(OH)–C–C–N with tert-alkyl or cyclic N) is 1. The van der Waals surface area contributed by atoms with Crippen LogP contribution in [0.5, 0.6) is 5.75 Å². The molecule has 4 aromatic rings. The normalized spacial score (nSPS) is 21.1. The molecule has 1 amide bonds. The van der Waals surface area contributed by atoms with Crippen molar-refractivity contribution in [2.45, 2.75) is 50.3 Å². The van der Waals surface area contributed by atoms with Crippen LogP contribution in [0, 0.1) is 5.92 Å². The smallest absolute Gasteiger partial charge is 0.254 e. The molecule has 2 saturated heterocycles. The third-order valence-corrected chi connectivity index (χ3v) is 8.60. The van der Waals surface area contributed by atoms with Crippen molar-refractivity contribution in [1.29, 1.82) is 0 Å². The van der Waals surface area contributed by atoms with Crippen LogP contribution < -0.4 is 10.1 Å². The van der Waals surface area contributed by atoms with Crippen LogP contribution in [0.15, 0.2) is 36.5 Å². The van der Waals surface area contributed by atoms with Crippen molar-refractivity contribution in [3.63, 3.8) is 0 Å². The first-order valence-corrected chi connectivity index (χ1v) is 13.7. The molecule has 3 fully saturated rings. The van der Waals surface area contributed by atoms with Crippen molar-refractivity contribution in [2.75, 3.05) is 26.7 Å². The van der Waals surface area contributed by atoms with E-state index in [1.54, 1.807) is 18.1 Å². The Kier molecular flexibility index (Phi) is 5.49. The zero-order valence-electron chi connectivity index (χ0n) is 22.0. The van der Waals surface area contributed by atoms with Gasteiger partial charge < -0.3 is 29.2 Å². The monoisotopic (exact) mass is 514 g/mol. The summed E-state index contributed by atoms with van der Waals surface area (Å²) in [4.78, 5) is 24.9. The molecule has 7 rings (SSSR count). The minimum Gasteiger partial charge on any atom is -0.494 e. The minimum absolute atomic E-state index is 0.0487. The number of aromatic nitrogens is 4. The number of carbonyl (C=O) groups is 1. The highest BCUT2D eigenvalue weighted by Gasteiger charge is 2.49. The van der Waals surface area contributed by atoms with Gasteiger partial charge in [-0.1, -0.05) is 6.42 Å². The first kappa shape index (κ1) is 23.7. The summed E-state index contributed by atoms with van der Waals surface area (Å²) in [5, 5.41) is 15.6. The maximum Gasteiger partial charge on any atom is 0.254 e. The summed E-state index contributed by atoms with van der Waals surface area (Å²) in [6, 6.07) is 9.91. The van der Waals surface area contributed by atoms with Gasteiger partial charge in [-0.2, -0.15) is 0 Å². The number of amides is 1. The second kappa shape index (κ2) is 8.81. The molecule has 0 unspecified atom stereocenters. The molecular formula is C29H34N6O3. The second-order valence-corrected chi connectivity index (χ2v) is 11.3. The van der Waals surface area contributed by atoms with Crippen LogP contribution in [-0.2, 0) is 13.6 Å². The quantitative estimate of drug-likeness (QED) is 0.410. The summed E-state index contributed by atoms with van der Waals surface area (Å²) >= 11 is 0. The van der Waals surface area contributed by atoms with Gasteiger partial charge in [0, 0.05) is 36.8 Å². The Balaban J connectivity index is 1.24. The number of nitrogens with one attached hydrogen (secondary N) is 1. The van der Waals surface area contributed by atoms with E-state index in [0.717, 1.165) is 60.4 Å². The largest absolute Gasteiger partial charge is 0.494 e. The number of fused-ring (bicyclic) bond motifs is 2. The van der Waals surface area contributed by atoms with E-state index in [0.29, 0.717) is 35.8 Å². The van der Waals surface area contributed by atoms with Gasteiger partial charge in [0.15, 0.2) is 5.82 Å². The average molecular weight is 515 g/mol. The predicted octanol–water partition coefficient (Wildman–Crippen LogP) is 3.34. The highest BCUT2D eigenvalue weighted by molar-refractivity contribution is 6.00. The molecule has 9 nitrogen and oxygen atoms in total. The Morgan fingerprint density at radius 1 is 1.21 bits per heavy atom. The van der Waals surface area contributed by atoms with E-state index in [2.05, 4.69) is 31.6 Å². The van der Waals surface area contributed by atoms with Gasteiger partial charge >= 0.3 is 0 Å². The highest BCUT2D eigenvalue weighted by atomic mass is 16.5. The molecule has 3 aliphatic rings. The van der Waals surface area contributed by atoms with Crippen LogP contribution in [-0.4, -0.2) is 73.4 Å². The fourth-order valence-corrected chi connectivity index (χ4v) is 6.31. The van der Waals surface area contributed by atoms with Gasteiger partial charge in [-0.05, 0) is 68.5 Å². The lowest BCUT2D eigenvalue weighted by Gasteiger charge is -2.51. The average Bonchev–Trinajstić information content (AvgIpc) is 3.59. The first-order valence-electron chi connectivity index (χ1n) is 13.7. The maximum absolute atomic E-state index is 13.5. The number of aryl methyl sites for hydroxylation is 1. The fourth-order valence-electron chi connectivity index (χ4n) is 6.31. The third-order valence-electron chi connectivity index (χ3n) is 8.60. The fraction of sp³-hybridized carbons (Fsp3) is 0.483. The summed E-state index contributed by atoms with van der Waals surface area (Å²) in [6.07, 6.45) is 7.53. The van der Waals surface area contributed by atoms with Crippen LogP contribution >= 0.6 is 0 Å². The molecule has 1 saturated carbocycles. The molecule has 2 aliphatic heterocycles. The van der Waals surface area contributed by atoms with Crippen molar-refractivity contribution < 1.29 is 14.6 Å². The van der Waals surface area contributed by atoms with Crippen LogP contribution in [0.3, 0.4) is 0 Å². The Morgan fingerprint density at radius 2 is 2.05 bits per heavy atom. The number of aliphatic hydroxyl groups is 1. The Hall–Kier alpha value is -3.43. The Morgan fingerprint density at radius 3 is 2.79 bits per heavy atom. The number of nitrogens with zero attached hydrogens (tertiary/aromatic N) is 5. The molecular weight excluding hydrogens is 480 g/mol. The van der Waals surface area contributed by atoms with Crippen molar-refractivity contribution in [1.82, 2.24) is 29.3 Å². The SMILES string of the molecule is COc1cc(C(=O)N2CC(O)([C@@H]3CCCCN3)C2)cc2nc(-c3cc4cccnc4n3CC3CC3)n(C)c12. The molecule has 9 heteroatoms. The number of hydrogen-bond donors (Lipinski definition) is 2. The number of rotatable bonds is 6. The molecule has 1 aromatic carbocycles. The van der Waals surface area contributed by atoms with Crippen LogP contribution in [0.25, 0.3) is 33.6 Å². The lowest BCUT2D eigenvalue weighted by atomic mass is 9.81. The van der Waals surface area contributed by atoms with Crippen molar-refractivity contribution in [2.24, 2.45) is 13.0 Å². The number of ether oxygens (including phenoxy) is 1. The topological polar surface area (TPSA) is 97.4 Å².